The van der Waals surface area contributed by atoms with Crippen molar-refractivity contribution >= 4 is 17.8 Å². The van der Waals surface area contributed by atoms with E-state index in [9.17, 15) is 23.2 Å². The van der Waals surface area contributed by atoms with E-state index in [0.29, 0.717) is 24.8 Å². The minimum absolute atomic E-state index is 0.00693. The number of hydrogen-bond acceptors (Lipinski definition) is 4. The number of carbonyl (C=O) groups is 3. The predicted octanol–water partition coefficient (Wildman–Crippen LogP) is 15.3. The Balaban J connectivity index is 1.74. The minimum Gasteiger partial charge on any atom is -0.426 e. The standard InChI is InChI=1S/C59H74F2N2O4/c1-3-5-7-9-11-13-15-17-19-21-23-25-27-29-31-33-35-37-39-41-57(64)62-47-48-63-59(66)54-49-51(53-45-44-52(60)50-55(53)61)43-46-56(54)67-58(65)42-40-38-36-34-32-30-28-26-24-22-20-18-16-14-12-10-8-6-4-2/h5-8,11-14,17-20,23-26,29-32,35-38,43-46,49-50H,3-4,9-10,15-16,21-22,27-28,33-34,39-42,47-48H2,1-2H3,(H,62,64)(H,63,66). The fourth-order valence-electron chi connectivity index (χ4n) is 6.12. The van der Waals surface area contributed by atoms with Gasteiger partial charge in [0.05, 0.1) is 5.56 Å². The Morgan fingerprint density at radius 1 is 0.478 bits per heavy atom. The molecule has 0 aliphatic carbocycles. The van der Waals surface area contributed by atoms with Crippen LogP contribution in [-0.2, 0) is 9.59 Å². The molecule has 0 spiro atoms. The van der Waals surface area contributed by atoms with E-state index in [4.69, 9.17) is 4.74 Å². The molecule has 0 radical (unpaired) electrons. The van der Waals surface area contributed by atoms with Crippen LogP contribution < -0.4 is 15.4 Å². The molecule has 0 atom stereocenters. The van der Waals surface area contributed by atoms with Crippen molar-refractivity contribution in [3.05, 3.63) is 199 Å². The molecule has 2 rings (SSSR count). The summed E-state index contributed by atoms with van der Waals surface area (Å²) in [5.74, 6) is -2.76. The molecule has 8 heteroatoms. The molecular formula is C59H74F2N2O4. The van der Waals surface area contributed by atoms with Crippen molar-refractivity contribution in [2.24, 2.45) is 0 Å². The number of halogens is 2. The Morgan fingerprint density at radius 3 is 1.31 bits per heavy atom. The Kier molecular flexibility index (Phi) is 33.8. The van der Waals surface area contributed by atoms with Gasteiger partial charge in [-0.25, -0.2) is 8.78 Å². The first kappa shape index (κ1) is 56.7. The third kappa shape index (κ3) is 30.4. The van der Waals surface area contributed by atoms with E-state index >= 15 is 0 Å². The van der Waals surface area contributed by atoms with E-state index in [1.165, 1.54) is 24.3 Å². The highest BCUT2D eigenvalue weighted by molar-refractivity contribution is 5.99. The lowest BCUT2D eigenvalue weighted by Gasteiger charge is -2.13. The zero-order valence-electron chi connectivity index (χ0n) is 39.9. The van der Waals surface area contributed by atoms with E-state index in [0.717, 1.165) is 89.2 Å². The highest BCUT2D eigenvalue weighted by Gasteiger charge is 2.18. The molecule has 0 fully saturated rings. The number of ether oxygens (including phenoxy) is 1. The van der Waals surface area contributed by atoms with Gasteiger partial charge in [0.2, 0.25) is 5.91 Å². The van der Waals surface area contributed by atoms with Gasteiger partial charge in [-0.1, -0.05) is 166 Å². The van der Waals surface area contributed by atoms with Crippen LogP contribution in [0.15, 0.2) is 182 Å². The molecule has 0 aliphatic rings. The quantitative estimate of drug-likeness (QED) is 0.0317. The molecule has 0 bridgehead atoms. The van der Waals surface area contributed by atoms with Crippen molar-refractivity contribution in [3.63, 3.8) is 0 Å². The molecule has 2 N–H and O–H groups in total. The molecule has 358 valence electrons. The molecule has 0 unspecified atom stereocenters. The summed E-state index contributed by atoms with van der Waals surface area (Å²) in [5.41, 5.74) is 0.403. The summed E-state index contributed by atoms with van der Waals surface area (Å²) >= 11 is 0. The van der Waals surface area contributed by atoms with Gasteiger partial charge in [-0.15, -0.1) is 0 Å². The summed E-state index contributed by atoms with van der Waals surface area (Å²) in [4.78, 5) is 38.7. The van der Waals surface area contributed by atoms with Crippen LogP contribution in [0, 0.1) is 11.6 Å². The summed E-state index contributed by atoms with van der Waals surface area (Å²) in [6.45, 7) is 4.56. The number of rotatable bonds is 34. The van der Waals surface area contributed by atoms with Gasteiger partial charge in [0.15, 0.2) is 0 Å². The molecule has 67 heavy (non-hydrogen) atoms. The fraction of sp³-hybridized carbons (Fsp3) is 0.339. The smallest absolute Gasteiger partial charge is 0.311 e. The van der Waals surface area contributed by atoms with E-state index in [1.807, 2.05) is 24.3 Å². The number of esters is 1. The number of nitrogens with one attached hydrogen (secondary N) is 2. The summed E-state index contributed by atoms with van der Waals surface area (Å²) in [6.07, 6.45) is 63.6. The van der Waals surface area contributed by atoms with Crippen LogP contribution in [0.3, 0.4) is 0 Å². The molecule has 0 aliphatic heterocycles. The number of hydrogen-bond donors (Lipinski definition) is 2. The van der Waals surface area contributed by atoms with Crippen molar-refractivity contribution in [3.8, 4) is 16.9 Å². The van der Waals surface area contributed by atoms with Gasteiger partial charge in [0.25, 0.3) is 5.91 Å². The van der Waals surface area contributed by atoms with Crippen LogP contribution >= 0.6 is 0 Å². The largest absolute Gasteiger partial charge is 0.426 e. The highest BCUT2D eigenvalue weighted by Crippen LogP contribution is 2.29. The normalized spacial score (nSPS) is 12.7. The van der Waals surface area contributed by atoms with Crippen LogP contribution in [0.2, 0.25) is 0 Å². The van der Waals surface area contributed by atoms with Gasteiger partial charge in [0.1, 0.15) is 17.4 Å². The van der Waals surface area contributed by atoms with Gasteiger partial charge < -0.3 is 15.4 Å². The maximum Gasteiger partial charge on any atom is 0.311 e. The topological polar surface area (TPSA) is 84.5 Å². The van der Waals surface area contributed by atoms with Gasteiger partial charge in [-0.3, -0.25) is 14.4 Å². The fourth-order valence-corrected chi connectivity index (χ4v) is 6.12. The summed E-state index contributed by atoms with van der Waals surface area (Å²) in [7, 11) is 0. The second-order valence-electron chi connectivity index (χ2n) is 15.3. The minimum atomic E-state index is -0.792. The van der Waals surface area contributed by atoms with E-state index < -0.39 is 23.5 Å². The SMILES string of the molecule is CCC=CCC=CCC=CCC=CCC=CCC=CCCC(=O)NCCNC(=O)c1cc(-c2ccc(F)cc2F)ccc1OC(=O)CCC=CCC=CCC=CCC=CCC=CCC=CCC. The van der Waals surface area contributed by atoms with Crippen LogP contribution in [0.5, 0.6) is 5.75 Å². The van der Waals surface area contributed by atoms with Crippen molar-refractivity contribution in [1.29, 1.82) is 0 Å². The van der Waals surface area contributed by atoms with Crippen molar-refractivity contribution in [2.75, 3.05) is 13.1 Å². The number of benzene rings is 2. The number of amides is 2. The van der Waals surface area contributed by atoms with Crippen LogP contribution in [0.1, 0.15) is 127 Å². The molecule has 0 aromatic heterocycles. The van der Waals surface area contributed by atoms with Crippen LogP contribution in [0.4, 0.5) is 8.78 Å². The lowest BCUT2D eigenvalue weighted by Crippen LogP contribution is -2.34. The summed E-state index contributed by atoms with van der Waals surface area (Å²) in [6, 6.07) is 7.53. The molecular weight excluding hydrogens is 839 g/mol. The van der Waals surface area contributed by atoms with Crippen LogP contribution in [-0.4, -0.2) is 30.9 Å². The first-order valence-electron chi connectivity index (χ1n) is 24.0. The average Bonchev–Trinajstić information content (AvgIpc) is 3.32. The number of allylic oxidation sites excluding steroid dienone is 24. The van der Waals surface area contributed by atoms with Gasteiger partial charge >= 0.3 is 5.97 Å². The molecule has 0 saturated heterocycles. The van der Waals surface area contributed by atoms with E-state index in [-0.39, 0.29) is 42.3 Å². The van der Waals surface area contributed by atoms with Gasteiger partial charge in [-0.05, 0) is 120 Å². The maximum absolute atomic E-state index is 14.7. The molecule has 2 amide bonds. The lowest BCUT2D eigenvalue weighted by atomic mass is 10.0. The number of carbonyl (C=O) groups excluding carboxylic acids is 3. The lowest BCUT2D eigenvalue weighted by molar-refractivity contribution is -0.134. The Hall–Kier alpha value is -6.41. The average molecular weight is 913 g/mol. The molecule has 2 aromatic rings. The first-order chi connectivity index (χ1) is 32.8. The second-order valence-corrected chi connectivity index (χ2v) is 15.3. The van der Waals surface area contributed by atoms with Crippen molar-refractivity contribution in [2.45, 2.75) is 117 Å². The van der Waals surface area contributed by atoms with Crippen LogP contribution in [0.25, 0.3) is 11.1 Å². The Labute approximate surface area is 400 Å². The highest BCUT2D eigenvalue weighted by atomic mass is 19.1. The van der Waals surface area contributed by atoms with E-state index in [2.05, 4.69) is 146 Å². The third-order valence-corrected chi connectivity index (χ3v) is 9.67. The summed E-state index contributed by atoms with van der Waals surface area (Å²) in [5, 5.41) is 5.55. The molecule has 0 saturated carbocycles. The second kappa shape index (κ2) is 39.9. The van der Waals surface area contributed by atoms with Crippen molar-refractivity contribution in [1.82, 2.24) is 10.6 Å². The monoisotopic (exact) mass is 913 g/mol. The molecule has 0 heterocycles. The summed E-state index contributed by atoms with van der Waals surface area (Å²) < 4.78 is 34.0. The Bertz CT molecular complexity index is 2090. The molecule has 2 aromatic carbocycles. The predicted molar refractivity (Wildman–Crippen MR) is 278 cm³/mol. The van der Waals surface area contributed by atoms with Crippen molar-refractivity contribution < 1.29 is 27.9 Å². The third-order valence-electron chi connectivity index (χ3n) is 9.67. The maximum atomic E-state index is 14.7. The van der Waals surface area contributed by atoms with E-state index in [1.54, 1.807) is 0 Å². The van der Waals surface area contributed by atoms with Gasteiger partial charge in [0, 0.05) is 37.6 Å². The van der Waals surface area contributed by atoms with Gasteiger partial charge in [-0.2, -0.15) is 0 Å². The first-order valence-corrected chi connectivity index (χ1v) is 24.0. The Morgan fingerprint density at radius 2 is 0.881 bits per heavy atom. The zero-order valence-corrected chi connectivity index (χ0v) is 39.9. The molecule has 6 nitrogen and oxygen atoms in total. The zero-order chi connectivity index (χ0) is 48.3.